The number of hydrogen-bond acceptors (Lipinski definition) is 2. The first-order valence-corrected chi connectivity index (χ1v) is 6.87. The van der Waals surface area contributed by atoms with Crippen molar-refractivity contribution < 1.29 is 0 Å². The molecule has 0 saturated heterocycles. The van der Waals surface area contributed by atoms with Gasteiger partial charge in [0.1, 0.15) is 0 Å². The summed E-state index contributed by atoms with van der Waals surface area (Å²) in [5.74, 6) is 0. The minimum atomic E-state index is 0.0253. The normalized spacial score (nSPS) is 12.0. The van der Waals surface area contributed by atoms with E-state index in [9.17, 15) is 4.79 Å². The van der Waals surface area contributed by atoms with Gasteiger partial charge < -0.3 is 0 Å². The summed E-state index contributed by atoms with van der Waals surface area (Å²) in [5.41, 5.74) is 1.98. The fourth-order valence-corrected chi connectivity index (χ4v) is 3.36. The van der Waals surface area contributed by atoms with Gasteiger partial charge in [-0.15, -0.1) is 0 Å². The lowest BCUT2D eigenvalue weighted by atomic mass is 10.1. The van der Waals surface area contributed by atoms with Crippen LogP contribution in [0.5, 0.6) is 0 Å². The molecule has 2 aromatic carbocycles. The van der Waals surface area contributed by atoms with Crippen LogP contribution in [0, 0.1) is 0 Å². The molecule has 5 rings (SSSR count). The monoisotopic (exact) mass is 270 g/mol. The number of para-hydroxylation sites is 2. The Labute approximate surface area is 119 Å². The van der Waals surface area contributed by atoms with Gasteiger partial charge in [0.15, 0.2) is 0 Å². The Hall–Kier alpha value is -2.94. The average molecular weight is 270 g/mol. The molecule has 3 heteroatoms. The Bertz CT molecular complexity index is 1200. The van der Waals surface area contributed by atoms with E-state index in [-0.39, 0.29) is 5.56 Å². The highest BCUT2D eigenvalue weighted by molar-refractivity contribution is 6.19. The number of rotatable bonds is 0. The van der Waals surface area contributed by atoms with Gasteiger partial charge in [0, 0.05) is 33.9 Å². The molecule has 0 aliphatic heterocycles. The van der Waals surface area contributed by atoms with Gasteiger partial charge in [0.05, 0.1) is 16.4 Å². The van der Waals surface area contributed by atoms with E-state index in [0.717, 1.165) is 32.6 Å². The standard InChI is InChI=1S/C18H10N2O/c21-18-14-8-9-19-10-15(14)13-6-3-5-12-11-4-1-2-7-16(11)20(18)17(12)13/h1-10H. The number of pyridine rings is 2. The van der Waals surface area contributed by atoms with Crippen molar-refractivity contribution >= 4 is 38.0 Å². The summed E-state index contributed by atoms with van der Waals surface area (Å²) in [6, 6.07) is 16.0. The Morgan fingerprint density at radius 2 is 1.52 bits per heavy atom. The minimum absolute atomic E-state index is 0.0253. The van der Waals surface area contributed by atoms with Crippen molar-refractivity contribution in [3.63, 3.8) is 0 Å². The number of benzene rings is 2. The van der Waals surface area contributed by atoms with Crippen LogP contribution in [0.25, 0.3) is 38.0 Å². The van der Waals surface area contributed by atoms with Crippen LogP contribution < -0.4 is 5.56 Å². The van der Waals surface area contributed by atoms with Crippen LogP contribution in [0.2, 0.25) is 0 Å². The predicted molar refractivity (Wildman–Crippen MR) is 85.2 cm³/mol. The van der Waals surface area contributed by atoms with Crippen molar-refractivity contribution in [2.24, 2.45) is 0 Å². The molecule has 3 aromatic heterocycles. The van der Waals surface area contributed by atoms with Crippen molar-refractivity contribution in [2.75, 3.05) is 0 Å². The van der Waals surface area contributed by atoms with E-state index in [1.165, 1.54) is 0 Å². The molecule has 0 fully saturated rings. The van der Waals surface area contributed by atoms with Gasteiger partial charge in [-0.3, -0.25) is 14.2 Å². The molecular weight excluding hydrogens is 260 g/mol. The van der Waals surface area contributed by atoms with E-state index in [2.05, 4.69) is 23.2 Å². The molecular formula is C18H10N2O. The largest absolute Gasteiger partial charge is 0.275 e. The van der Waals surface area contributed by atoms with E-state index in [4.69, 9.17) is 0 Å². The van der Waals surface area contributed by atoms with Crippen molar-refractivity contribution in [1.82, 2.24) is 9.38 Å². The lowest BCUT2D eigenvalue weighted by molar-refractivity contribution is 1.20. The summed E-state index contributed by atoms with van der Waals surface area (Å²) < 4.78 is 1.84. The second-order valence-corrected chi connectivity index (χ2v) is 5.28. The first kappa shape index (κ1) is 10.8. The van der Waals surface area contributed by atoms with Crippen LogP contribution in [-0.4, -0.2) is 9.38 Å². The minimum Gasteiger partial charge on any atom is -0.275 e. The first-order valence-electron chi connectivity index (χ1n) is 6.87. The third kappa shape index (κ3) is 1.19. The highest BCUT2D eigenvalue weighted by Gasteiger charge is 2.15. The Balaban J connectivity index is 2.33. The molecule has 0 N–H and O–H groups in total. The highest BCUT2D eigenvalue weighted by Crippen LogP contribution is 2.33. The Kier molecular flexibility index (Phi) is 1.84. The van der Waals surface area contributed by atoms with Crippen LogP contribution in [0.4, 0.5) is 0 Å². The van der Waals surface area contributed by atoms with Gasteiger partial charge >= 0.3 is 0 Å². The summed E-state index contributed by atoms with van der Waals surface area (Å²) in [4.78, 5) is 17.1. The summed E-state index contributed by atoms with van der Waals surface area (Å²) in [7, 11) is 0. The Morgan fingerprint density at radius 1 is 0.762 bits per heavy atom. The van der Waals surface area contributed by atoms with Gasteiger partial charge in [-0.25, -0.2) is 0 Å². The molecule has 3 heterocycles. The molecule has 0 radical (unpaired) electrons. The first-order chi connectivity index (χ1) is 10.4. The predicted octanol–water partition coefficient (Wildman–Crippen LogP) is 3.59. The highest BCUT2D eigenvalue weighted by atomic mass is 16.1. The second-order valence-electron chi connectivity index (χ2n) is 5.28. The molecule has 0 saturated carbocycles. The molecule has 21 heavy (non-hydrogen) atoms. The van der Waals surface area contributed by atoms with Crippen LogP contribution in [0.1, 0.15) is 0 Å². The van der Waals surface area contributed by atoms with E-state index < -0.39 is 0 Å². The van der Waals surface area contributed by atoms with Crippen LogP contribution >= 0.6 is 0 Å². The number of hydrogen-bond donors (Lipinski definition) is 0. The Morgan fingerprint density at radius 3 is 2.43 bits per heavy atom. The maximum atomic E-state index is 12.9. The van der Waals surface area contributed by atoms with Crippen LogP contribution in [0.3, 0.4) is 0 Å². The molecule has 0 unspecified atom stereocenters. The van der Waals surface area contributed by atoms with Crippen molar-refractivity contribution in [1.29, 1.82) is 0 Å². The fraction of sp³-hybridized carbons (Fsp3) is 0. The molecule has 3 nitrogen and oxygen atoms in total. The number of fused-ring (bicyclic) bond motifs is 5. The molecule has 0 amide bonds. The molecule has 0 atom stereocenters. The van der Waals surface area contributed by atoms with E-state index >= 15 is 0 Å². The molecule has 98 valence electrons. The summed E-state index contributed by atoms with van der Waals surface area (Å²) in [5, 5.41) is 4.94. The molecule has 0 aliphatic carbocycles. The summed E-state index contributed by atoms with van der Waals surface area (Å²) >= 11 is 0. The zero-order valence-corrected chi connectivity index (χ0v) is 11.1. The number of aromatic nitrogens is 2. The molecule has 0 bridgehead atoms. The molecule has 0 aliphatic rings. The molecule has 5 aromatic rings. The van der Waals surface area contributed by atoms with Gasteiger partial charge in [0.25, 0.3) is 5.56 Å². The van der Waals surface area contributed by atoms with Crippen molar-refractivity contribution in [3.05, 3.63) is 71.3 Å². The maximum Gasteiger partial charge on any atom is 0.263 e. The quantitative estimate of drug-likeness (QED) is 0.403. The van der Waals surface area contributed by atoms with Gasteiger partial charge in [-0.05, 0) is 12.1 Å². The van der Waals surface area contributed by atoms with Gasteiger partial charge in [-0.1, -0.05) is 36.4 Å². The molecule has 0 spiro atoms. The van der Waals surface area contributed by atoms with E-state index in [1.54, 1.807) is 18.5 Å². The van der Waals surface area contributed by atoms with Gasteiger partial charge in [0.2, 0.25) is 0 Å². The summed E-state index contributed by atoms with van der Waals surface area (Å²) in [6.07, 6.45) is 3.46. The van der Waals surface area contributed by atoms with Crippen molar-refractivity contribution in [3.8, 4) is 0 Å². The van der Waals surface area contributed by atoms with Gasteiger partial charge in [-0.2, -0.15) is 0 Å². The smallest absolute Gasteiger partial charge is 0.263 e. The zero-order valence-electron chi connectivity index (χ0n) is 11.1. The summed E-state index contributed by atoms with van der Waals surface area (Å²) in [6.45, 7) is 0. The third-order valence-electron chi connectivity index (χ3n) is 4.24. The fourth-order valence-electron chi connectivity index (χ4n) is 3.36. The SMILES string of the molecule is O=c1c2ccncc2c2cccc3c4ccccc4n1c23. The lowest BCUT2D eigenvalue weighted by Crippen LogP contribution is -2.12. The lowest BCUT2D eigenvalue weighted by Gasteiger charge is -2.05. The number of nitrogens with zero attached hydrogens (tertiary/aromatic N) is 2. The van der Waals surface area contributed by atoms with Crippen LogP contribution in [0.15, 0.2) is 65.7 Å². The van der Waals surface area contributed by atoms with E-state index in [0.29, 0.717) is 5.39 Å². The van der Waals surface area contributed by atoms with Crippen molar-refractivity contribution in [2.45, 2.75) is 0 Å². The zero-order chi connectivity index (χ0) is 14.0. The topological polar surface area (TPSA) is 34.4 Å². The maximum absolute atomic E-state index is 12.9. The van der Waals surface area contributed by atoms with E-state index in [1.807, 2.05) is 28.7 Å². The third-order valence-corrected chi connectivity index (χ3v) is 4.24. The van der Waals surface area contributed by atoms with Crippen LogP contribution in [-0.2, 0) is 0 Å². The second kappa shape index (κ2) is 3.58. The average Bonchev–Trinajstić information content (AvgIpc) is 2.89.